The second-order valence-corrected chi connectivity index (χ2v) is 4.45. The van der Waals surface area contributed by atoms with E-state index in [1.807, 2.05) is 0 Å². The SMILES string of the molecule is Fc1ccc(N2CCCCNCC2)cc1Cl. The number of nitrogens with zero attached hydrogens (tertiary/aromatic N) is 1. The third-order valence-electron chi connectivity index (χ3n) is 2.86. The Bertz CT molecular complexity index is 349. The Kier molecular flexibility index (Phi) is 4.02. The molecule has 0 aliphatic carbocycles. The zero-order valence-corrected chi connectivity index (χ0v) is 9.93. The molecule has 1 N–H and O–H groups in total. The van der Waals surface area contributed by atoms with E-state index in [2.05, 4.69) is 10.2 Å². The van der Waals surface area contributed by atoms with E-state index in [9.17, 15) is 4.39 Å². The second kappa shape index (κ2) is 5.51. The van der Waals surface area contributed by atoms with Gasteiger partial charge in [0.15, 0.2) is 0 Å². The first-order valence-electron chi connectivity index (χ1n) is 5.68. The van der Waals surface area contributed by atoms with Crippen LogP contribution in [0.5, 0.6) is 0 Å². The van der Waals surface area contributed by atoms with Crippen LogP contribution in [0.2, 0.25) is 5.02 Å². The molecule has 1 saturated heterocycles. The van der Waals surface area contributed by atoms with Gasteiger partial charge in [-0.05, 0) is 37.6 Å². The van der Waals surface area contributed by atoms with E-state index >= 15 is 0 Å². The molecule has 1 aliphatic heterocycles. The Morgan fingerprint density at radius 2 is 2.06 bits per heavy atom. The predicted molar refractivity (Wildman–Crippen MR) is 65.7 cm³/mol. The largest absolute Gasteiger partial charge is 0.370 e. The maximum Gasteiger partial charge on any atom is 0.141 e. The first kappa shape index (κ1) is 11.7. The lowest BCUT2D eigenvalue weighted by molar-refractivity contribution is 0.566. The number of halogens is 2. The molecule has 0 aromatic heterocycles. The Morgan fingerprint density at radius 3 is 2.88 bits per heavy atom. The average molecular weight is 243 g/mol. The summed E-state index contributed by atoms with van der Waals surface area (Å²) in [5, 5.41) is 3.57. The van der Waals surface area contributed by atoms with Gasteiger partial charge in [-0.2, -0.15) is 0 Å². The number of nitrogens with one attached hydrogen (secondary N) is 1. The van der Waals surface area contributed by atoms with Crippen LogP contribution in [0, 0.1) is 5.82 Å². The van der Waals surface area contributed by atoms with Gasteiger partial charge in [-0.1, -0.05) is 11.6 Å². The van der Waals surface area contributed by atoms with Gasteiger partial charge in [0.05, 0.1) is 5.02 Å². The molecule has 1 aromatic carbocycles. The van der Waals surface area contributed by atoms with E-state index in [0.29, 0.717) is 0 Å². The van der Waals surface area contributed by atoms with Crippen molar-refractivity contribution in [3.05, 3.63) is 29.0 Å². The molecule has 0 unspecified atom stereocenters. The molecule has 1 aromatic rings. The van der Waals surface area contributed by atoms with Crippen molar-refractivity contribution in [3.8, 4) is 0 Å². The lowest BCUT2D eigenvalue weighted by atomic mass is 10.2. The van der Waals surface area contributed by atoms with Crippen LogP contribution in [-0.4, -0.2) is 26.2 Å². The van der Waals surface area contributed by atoms with Crippen LogP contribution in [0.3, 0.4) is 0 Å². The number of hydrogen-bond acceptors (Lipinski definition) is 2. The molecular weight excluding hydrogens is 227 g/mol. The van der Waals surface area contributed by atoms with Crippen molar-refractivity contribution in [1.82, 2.24) is 5.32 Å². The van der Waals surface area contributed by atoms with E-state index in [1.54, 1.807) is 12.1 Å². The number of hydrogen-bond donors (Lipinski definition) is 1. The van der Waals surface area contributed by atoms with Crippen LogP contribution in [0.4, 0.5) is 10.1 Å². The third kappa shape index (κ3) is 2.86. The smallest absolute Gasteiger partial charge is 0.141 e. The minimum Gasteiger partial charge on any atom is -0.370 e. The average Bonchev–Trinajstić information content (AvgIpc) is 2.22. The summed E-state index contributed by atoms with van der Waals surface area (Å²) in [7, 11) is 0. The quantitative estimate of drug-likeness (QED) is 0.815. The summed E-state index contributed by atoms with van der Waals surface area (Å²) in [6.07, 6.45) is 2.34. The van der Waals surface area contributed by atoms with Gasteiger partial charge in [-0.3, -0.25) is 0 Å². The fraction of sp³-hybridized carbons (Fsp3) is 0.500. The summed E-state index contributed by atoms with van der Waals surface area (Å²) in [5.74, 6) is -0.351. The van der Waals surface area contributed by atoms with E-state index < -0.39 is 0 Å². The lowest BCUT2D eigenvalue weighted by Gasteiger charge is -2.27. The lowest BCUT2D eigenvalue weighted by Crippen LogP contribution is -2.36. The molecule has 0 spiro atoms. The highest BCUT2D eigenvalue weighted by atomic mass is 35.5. The normalized spacial score (nSPS) is 18.0. The highest BCUT2D eigenvalue weighted by Gasteiger charge is 2.10. The Labute approximate surface area is 100 Å². The highest BCUT2D eigenvalue weighted by Crippen LogP contribution is 2.23. The third-order valence-corrected chi connectivity index (χ3v) is 3.15. The van der Waals surface area contributed by atoms with Crippen LogP contribution >= 0.6 is 11.6 Å². The fourth-order valence-corrected chi connectivity index (χ4v) is 2.12. The topological polar surface area (TPSA) is 15.3 Å². The number of benzene rings is 1. The highest BCUT2D eigenvalue weighted by molar-refractivity contribution is 6.31. The van der Waals surface area contributed by atoms with Gasteiger partial charge in [-0.15, -0.1) is 0 Å². The summed E-state index contributed by atoms with van der Waals surface area (Å²) < 4.78 is 13.0. The van der Waals surface area contributed by atoms with E-state index in [-0.39, 0.29) is 10.8 Å². The molecule has 2 rings (SSSR count). The zero-order chi connectivity index (χ0) is 11.4. The van der Waals surface area contributed by atoms with Crippen LogP contribution in [0.15, 0.2) is 18.2 Å². The van der Waals surface area contributed by atoms with Crippen molar-refractivity contribution in [2.24, 2.45) is 0 Å². The first-order valence-corrected chi connectivity index (χ1v) is 6.06. The molecule has 88 valence electrons. The summed E-state index contributed by atoms with van der Waals surface area (Å²) in [4.78, 5) is 2.25. The van der Waals surface area contributed by atoms with Crippen molar-refractivity contribution >= 4 is 17.3 Å². The number of anilines is 1. The minimum absolute atomic E-state index is 0.201. The summed E-state index contributed by atoms with van der Waals surface area (Å²) in [5.41, 5.74) is 1.01. The summed E-state index contributed by atoms with van der Waals surface area (Å²) >= 11 is 5.79. The molecule has 2 nitrogen and oxygen atoms in total. The summed E-state index contributed by atoms with van der Waals surface area (Å²) in [6, 6.07) is 4.94. The molecule has 1 aliphatic rings. The van der Waals surface area contributed by atoms with Crippen LogP contribution in [0.25, 0.3) is 0 Å². The standard InChI is InChI=1S/C12H16ClFN2/c13-11-9-10(3-4-12(11)14)16-7-2-1-5-15-6-8-16/h3-4,9,15H,1-2,5-8H2. The van der Waals surface area contributed by atoms with Crippen LogP contribution in [-0.2, 0) is 0 Å². The van der Waals surface area contributed by atoms with Gasteiger partial charge in [-0.25, -0.2) is 4.39 Å². The van der Waals surface area contributed by atoms with E-state index in [0.717, 1.165) is 38.3 Å². The molecule has 16 heavy (non-hydrogen) atoms. The molecule has 0 radical (unpaired) electrons. The van der Waals surface area contributed by atoms with Crippen LogP contribution in [0.1, 0.15) is 12.8 Å². The van der Waals surface area contributed by atoms with Crippen molar-refractivity contribution in [2.45, 2.75) is 12.8 Å². The minimum atomic E-state index is -0.351. The molecular formula is C12H16ClFN2. The molecule has 1 heterocycles. The Hall–Kier alpha value is -0.800. The van der Waals surface area contributed by atoms with Crippen molar-refractivity contribution < 1.29 is 4.39 Å². The predicted octanol–water partition coefficient (Wildman–Crippen LogP) is 2.67. The molecule has 1 fully saturated rings. The molecule has 0 atom stereocenters. The second-order valence-electron chi connectivity index (χ2n) is 4.04. The van der Waals surface area contributed by atoms with Gasteiger partial charge in [0, 0.05) is 25.3 Å². The monoisotopic (exact) mass is 242 g/mol. The van der Waals surface area contributed by atoms with Crippen molar-refractivity contribution in [3.63, 3.8) is 0 Å². The van der Waals surface area contributed by atoms with Gasteiger partial charge in [0.2, 0.25) is 0 Å². The van der Waals surface area contributed by atoms with Gasteiger partial charge in [0.25, 0.3) is 0 Å². The summed E-state index contributed by atoms with van der Waals surface area (Å²) in [6.45, 7) is 4.03. The Morgan fingerprint density at radius 1 is 1.19 bits per heavy atom. The maximum absolute atomic E-state index is 13.0. The van der Waals surface area contributed by atoms with E-state index in [1.165, 1.54) is 12.5 Å². The van der Waals surface area contributed by atoms with E-state index in [4.69, 9.17) is 11.6 Å². The van der Waals surface area contributed by atoms with Gasteiger partial charge >= 0.3 is 0 Å². The van der Waals surface area contributed by atoms with Crippen LogP contribution < -0.4 is 10.2 Å². The van der Waals surface area contributed by atoms with Gasteiger partial charge < -0.3 is 10.2 Å². The molecule has 0 amide bonds. The van der Waals surface area contributed by atoms with Crippen molar-refractivity contribution in [2.75, 3.05) is 31.1 Å². The molecule has 4 heteroatoms. The number of rotatable bonds is 1. The Balaban J connectivity index is 2.11. The zero-order valence-electron chi connectivity index (χ0n) is 9.18. The molecule has 0 saturated carbocycles. The first-order chi connectivity index (χ1) is 7.77. The maximum atomic E-state index is 13.0. The fourth-order valence-electron chi connectivity index (χ4n) is 1.94. The van der Waals surface area contributed by atoms with Crippen molar-refractivity contribution in [1.29, 1.82) is 0 Å². The van der Waals surface area contributed by atoms with Gasteiger partial charge in [0.1, 0.15) is 5.82 Å². The molecule has 0 bridgehead atoms.